The summed E-state index contributed by atoms with van der Waals surface area (Å²) in [6, 6.07) is 10.6. The predicted octanol–water partition coefficient (Wildman–Crippen LogP) is 5.53. The normalized spacial score (nSPS) is 18.9. The molecule has 1 aliphatic heterocycles. The van der Waals surface area contributed by atoms with E-state index in [1.807, 2.05) is 24.3 Å². The van der Waals surface area contributed by atoms with Gasteiger partial charge >= 0.3 is 5.97 Å². The van der Waals surface area contributed by atoms with Gasteiger partial charge in [0.2, 0.25) is 0 Å². The second-order valence-electron chi connectivity index (χ2n) is 9.67. The highest BCUT2D eigenvalue weighted by molar-refractivity contribution is 7.99. The number of piperidine rings is 1. The molecule has 0 radical (unpaired) electrons. The van der Waals surface area contributed by atoms with Crippen molar-refractivity contribution < 1.29 is 28.6 Å². The molecule has 2 aromatic carbocycles. The third kappa shape index (κ3) is 7.19. The largest absolute Gasteiger partial charge is 0.497 e. The number of hydrogen-bond donors (Lipinski definition) is 3. The maximum Gasteiger partial charge on any atom is 0.303 e. The van der Waals surface area contributed by atoms with Crippen LogP contribution in [0, 0.1) is 23.5 Å². The number of halogens is 2. The second-order valence-corrected chi connectivity index (χ2v) is 10.8. The van der Waals surface area contributed by atoms with E-state index in [-0.39, 0.29) is 29.2 Å². The van der Waals surface area contributed by atoms with Crippen molar-refractivity contribution in [2.75, 3.05) is 32.5 Å². The number of methoxy groups -OCH3 is 1. The number of aromatic nitrogens is 1. The zero-order valence-corrected chi connectivity index (χ0v) is 22.1. The van der Waals surface area contributed by atoms with Crippen LogP contribution in [-0.4, -0.2) is 58.7 Å². The fraction of sp³-hybridized carbons (Fsp3) is 0.429. The minimum Gasteiger partial charge on any atom is -0.497 e. The number of benzene rings is 2. The number of carbonyl (C=O) groups is 1. The van der Waals surface area contributed by atoms with Crippen LogP contribution < -0.4 is 10.2 Å². The summed E-state index contributed by atoms with van der Waals surface area (Å²) in [4.78, 5) is 18.5. The molecule has 3 N–H and O–H groups in total. The number of carboxylic acids is 1. The van der Waals surface area contributed by atoms with Gasteiger partial charge in [-0.3, -0.25) is 9.78 Å². The fourth-order valence-electron chi connectivity index (χ4n) is 5.32. The van der Waals surface area contributed by atoms with Gasteiger partial charge < -0.3 is 20.0 Å². The van der Waals surface area contributed by atoms with Crippen molar-refractivity contribution in [3.8, 4) is 5.75 Å². The summed E-state index contributed by atoms with van der Waals surface area (Å²) in [6.07, 6.45) is 4.00. The monoisotopic (exact) mass is 545 g/mol. The van der Waals surface area contributed by atoms with E-state index in [1.54, 1.807) is 13.3 Å². The maximum atomic E-state index is 13.9. The molecule has 0 bridgehead atoms. The van der Waals surface area contributed by atoms with Crippen LogP contribution in [0.25, 0.3) is 10.9 Å². The number of nitrogens with zero attached hydrogens (tertiary/aromatic N) is 2. The lowest BCUT2D eigenvalue weighted by Gasteiger charge is -2.38. The number of carboxylic acid groups (broad SMARTS) is 1. The number of nitrogens with one attached hydrogen (secondary N) is 1. The molecule has 1 aromatic heterocycles. The Morgan fingerprint density at radius 1 is 1.24 bits per heavy atom. The van der Waals surface area contributed by atoms with Crippen molar-refractivity contribution in [3.05, 3.63) is 65.9 Å². The molecule has 1 aliphatic rings. The van der Waals surface area contributed by atoms with Crippen LogP contribution in [0.15, 0.2) is 53.6 Å². The molecule has 4 rings (SSSR count). The molecule has 7 nitrogen and oxygen atoms in total. The Morgan fingerprint density at radius 3 is 2.84 bits per heavy atom. The zero-order valence-electron chi connectivity index (χ0n) is 21.3. The number of pyridine rings is 1. The molecule has 10 heteroatoms. The number of ether oxygens (including phenoxy) is 1. The fourth-order valence-corrected chi connectivity index (χ4v) is 6.29. The van der Waals surface area contributed by atoms with Crippen LogP contribution in [0.2, 0.25) is 0 Å². The van der Waals surface area contributed by atoms with Gasteiger partial charge in [-0.25, -0.2) is 8.78 Å². The predicted molar refractivity (Wildman–Crippen MR) is 143 cm³/mol. The van der Waals surface area contributed by atoms with E-state index in [1.165, 1.54) is 17.8 Å². The van der Waals surface area contributed by atoms with Gasteiger partial charge in [-0.15, -0.1) is 11.8 Å². The first-order chi connectivity index (χ1) is 18.4. The van der Waals surface area contributed by atoms with Crippen molar-refractivity contribution in [2.45, 2.75) is 36.6 Å². The standard InChI is InChI=1S/C28H33F2N3O4S/c1-37-21-4-7-25-23(16-21)22(8-10-31-25)26(32-36)6-2-18-9-11-33(17-19(18)14-28(34)35)12-13-38-27-15-20(29)3-5-24(27)30/h3-5,7-8,10,15-16,18-19,26,32,36H,2,6,9,11-14,17H2,1H3,(H,34,35)/t18-,19+,26?/m1/s1. The van der Waals surface area contributed by atoms with Gasteiger partial charge in [0.05, 0.1) is 18.7 Å². The van der Waals surface area contributed by atoms with E-state index in [2.05, 4.69) is 15.4 Å². The number of hydrogen-bond acceptors (Lipinski definition) is 7. The molecular weight excluding hydrogens is 512 g/mol. The average Bonchev–Trinajstić information content (AvgIpc) is 2.91. The van der Waals surface area contributed by atoms with Crippen molar-refractivity contribution in [1.29, 1.82) is 0 Å². The number of rotatable bonds is 12. The summed E-state index contributed by atoms with van der Waals surface area (Å²) in [5, 5.41) is 20.5. The minimum atomic E-state index is -0.831. The highest BCUT2D eigenvalue weighted by Crippen LogP contribution is 2.35. The molecular formula is C28H33F2N3O4S. The van der Waals surface area contributed by atoms with E-state index in [0.29, 0.717) is 31.0 Å². The third-order valence-electron chi connectivity index (χ3n) is 7.31. The van der Waals surface area contributed by atoms with Crippen LogP contribution in [0.1, 0.15) is 37.3 Å². The van der Waals surface area contributed by atoms with E-state index >= 15 is 0 Å². The van der Waals surface area contributed by atoms with Crippen LogP contribution in [-0.2, 0) is 4.79 Å². The van der Waals surface area contributed by atoms with Gasteiger partial charge in [-0.05, 0) is 85.7 Å². The molecule has 1 unspecified atom stereocenters. The SMILES string of the molecule is COc1ccc2nccc(C(CC[C@@H]3CCN(CCSc4cc(F)ccc4F)C[C@@H]3CC(=O)O)NO)c2c1. The summed E-state index contributed by atoms with van der Waals surface area (Å²) in [7, 11) is 1.60. The summed E-state index contributed by atoms with van der Waals surface area (Å²) in [5.41, 5.74) is 4.16. The Hall–Kier alpha value is -2.79. The Labute approximate surface area is 225 Å². The number of fused-ring (bicyclic) bond motifs is 1. The summed E-state index contributed by atoms with van der Waals surface area (Å²) in [6.45, 7) is 2.10. The molecule has 1 fully saturated rings. The first-order valence-electron chi connectivity index (χ1n) is 12.7. The molecule has 0 saturated carbocycles. The molecule has 0 spiro atoms. The highest BCUT2D eigenvalue weighted by atomic mass is 32.2. The molecule has 3 atom stereocenters. The van der Waals surface area contributed by atoms with E-state index in [4.69, 9.17) is 4.74 Å². The highest BCUT2D eigenvalue weighted by Gasteiger charge is 2.31. The van der Waals surface area contributed by atoms with Gasteiger partial charge in [-0.2, -0.15) is 5.48 Å². The summed E-state index contributed by atoms with van der Waals surface area (Å²) < 4.78 is 32.7. The average molecular weight is 546 g/mol. The van der Waals surface area contributed by atoms with Gasteiger partial charge in [0.1, 0.15) is 17.4 Å². The lowest BCUT2D eigenvalue weighted by Crippen LogP contribution is -2.42. The summed E-state index contributed by atoms with van der Waals surface area (Å²) >= 11 is 1.27. The quantitative estimate of drug-likeness (QED) is 0.202. The number of hydroxylamine groups is 1. The van der Waals surface area contributed by atoms with Crippen molar-refractivity contribution in [1.82, 2.24) is 15.4 Å². The number of likely N-dealkylation sites (tertiary alicyclic amines) is 1. The van der Waals surface area contributed by atoms with Gasteiger partial charge in [0, 0.05) is 41.7 Å². The number of thioether (sulfide) groups is 1. The van der Waals surface area contributed by atoms with Crippen LogP contribution in [0.3, 0.4) is 0 Å². The molecule has 38 heavy (non-hydrogen) atoms. The number of aliphatic carboxylic acids is 1. The van der Waals surface area contributed by atoms with E-state index in [0.717, 1.165) is 48.0 Å². The molecule has 1 saturated heterocycles. The van der Waals surface area contributed by atoms with Crippen molar-refractivity contribution >= 4 is 28.6 Å². The van der Waals surface area contributed by atoms with Gasteiger partial charge in [0.25, 0.3) is 0 Å². The topological polar surface area (TPSA) is 94.9 Å². The van der Waals surface area contributed by atoms with Crippen molar-refractivity contribution in [2.24, 2.45) is 11.8 Å². The molecule has 204 valence electrons. The van der Waals surface area contributed by atoms with Crippen molar-refractivity contribution in [3.63, 3.8) is 0 Å². The minimum absolute atomic E-state index is 0.0363. The van der Waals surface area contributed by atoms with E-state index < -0.39 is 17.6 Å². The molecule has 0 aliphatic carbocycles. The Morgan fingerprint density at radius 2 is 2.08 bits per heavy atom. The summed E-state index contributed by atoms with van der Waals surface area (Å²) in [5.74, 6) is -0.297. The molecule has 2 heterocycles. The Kier molecular flexibility index (Phi) is 9.90. The van der Waals surface area contributed by atoms with Crippen LogP contribution in [0.4, 0.5) is 8.78 Å². The van der Waals surface area contributed by atoms with Crippen LogP contribution >= 0.6 is 11.8 Å². The lowest BCUT2D eigenvalue weighted by atomic mass is 9.79. The van der Waals surface area contributed by atoms with E-state index in [9.17, 15) is 23.9 Å². The van der Waals surface area contributed by atoms with Crippen LogP contribution in [0.5, 0.6) is 5.75 Å². The van der Waals surface area contributed by atoms with Gasteiger partial charge in [-0.1, -0.05) is 0 Å². The smallest absolute Gasteiger partial charge is 0.303 e. The maximum absolute atomic E-state index is 13.9. The zero-order chi connectivity index (χ0) is 27.1. The first kappa shape index (κ1) is 28.2. The second kappa shape index (κ2) is 13.3. The Balaban J connectivity index is 1.38. The third-order valence-corrected chi connectivity index (χ3v) is 8.32. The molecule has 0 amide bonds. The van der Waals surface area contributed by atoms with Gasteiger partial charge in [0.15, 0.2) is 0 Å². The first-order valence-corrected chi connectivity index (χ1v) is 13.7. The molecule has 3 aromatic rings. The lowest BCUT2D eigenvalue weighted by molar-refractivity contribution is -0.139. The Bertz CT molecular complexity index is 1250.